The molecule has 1 rings (SSSR count). The summed E-state index contributed by atoms with van der Waals surface area (Å²) in [5.74, 6) is -0.542. The Labute approximate surface area is 69.6 Å². The molecule has 0 unspecified atom stereocenters. The van der Waals surface area contributed by atoms with E-state index in [1.54, 1.807) is 18.5 Å². The van der Waals surface area contributed by atoms with Gasteiger partial charge < -0.3 is 5.11 Å². The average molecular weight is 164 g/mol. The molecule has 1 aromatic rings. The molecule has 0 spiro atoms. The number of rotatable bonds is 2. The van der Waals surface area contributed by atoms with Crippen LogP contribution in [0.2, 0.25) is 0 Å². The lowest BCUT2D eigenvalue weighted by Crippen LogP contribution is -1.96. The zero-order valence-corrected chi connectivity index (χ0v) is 6.56. The standard InChI is InChI=1S/C8H8N2O2/c1-6(8(11)12)5-7-9-3-2-4-10-7/h2-5H,1H3,(H,11,12)/b6-5+. The van der Waals surface area contributed by atoms with Gasteiger partial charge in [0.1, 0.15) is 0 Å². The molecule has 0 saturated carbocycles. The molecule has 1 N–H and O–H groups in total. The zero-order chi connectivity index (χ0) is 8.97. The lowest BCUT2D eigenvalue weighted by Gasteiger charge is -1.92. The van der Waals surface area contributed by atoms with Crippen molar-refractivity contribution < 1.29 is 9.90 Å². The molecule has 4 nitrogen and oxygen atoms in total. The zero-order valence-electron chi connectivity index (χ0n) is 6.56. The van der Waals surface area contributed by atoms with Crippen LogP contribution in [0.4, 0.5) is 0 Å². The molecule has 0 aromatic carbocycles. The number of carbonyl (C=O) groups is 1. The molecule has 0 atom stereocenters. The molecule has 1 aromatic heterocycles. The van der Waals surface area contributed by atoms with Crippen molar-refractivity contribution in [2.45, 2.75) is 6.92 Å². The molecule has 4 heteroatoms. The third-order valence-electron chi connectivity index (χ3n) is 1.27. The molecule has 0 saturated heterocycles. The van der Waals surface area contributed by atoms with E-state index in [4.69, 9.17) is 5.11 Å². The maximum Gasteiger partial charge on any atom is 0.331 e. The third-order valence-corrected chi connectivity index (χ3v) is 1.27. The number of nitrogens with zero attached hydrogens (tertiary/aromatic N) is 2. The van der Waals surface area contributed by atoms with Crippen molar-refractivity contribution in [2.75, 3.05) is 0 Å². The number of aromatic nitrogens is 2. The number of hydrogen-bond donors (Lipinski definition) is 1. The monoisotopic (exact) mass is 164 g/mol. The first-order valence-corrected chi connectivity index (χ1v) is 3.39. The van der Waals surface area contributed by atoms with Crippen LogP contribution in [0.3, 0.4) is 0 Å². The Morgan fingerprint density at radius 3 is 2.58 bits per heavy atom. The summed E-state index contributed by atoms with van der Waals surface area (Å²) in [6.07, 6.45) is 4.55. The smallest absolute Gasteiger partial charge is 0.331 e. The van der Waals surface area contributed by atoms with Gasteiger partial charge >= 0.3 is 5.97 Å². The Kier molecular flexibility index (Phi) is 2.53. The number of carboxylic acids is 1. The van der Waals surface area contributed by atoms with E-state index in [1.165, 1.54) is 13.0 Å². The van der Waals surface area contributed by atoms with Crippen LogP contribution in [0.1, 0.15) is 12.7 Å². The second-order valence-electron chi connectivity index (χ2n) is 2.24. The van der Waals surface area contributed by atoms with Gasteiger partial charge in [-0.2, -0.15) is 0 Å². The predicted octanol–water partition coefficient (Wildman–Crippen LogP) is 0.965. The van der Waals surface area contributed by atoms with Crippen LogP contribution < -0.4 is 0 Å². The van der Waals surface area contributed by atoms with Gasteiger partial charge in [0.05, 0.1) is 0 Å². The summed E-state index contributed by atoms with van der Waals surface area (Å²) in [5.41, 5.74) is 0.223. The Hall–Kier alpha value is -1.71. The van der Waals surface area contributed by atoms with Crippen LogP contribution in [-0.2, 0) is 4.79 Å². The highest BCUT2D eigenvalue weighted by Gasteiger charge is 1.99. The Balaban J connectivity index is 2.89. The van der Waals surface area contributed by atoms with Crippen molar-refractivity contribution in [1.29, 1.82) is 0 Å². The van der Waals surface area contributed by atoms with Gasteiger partial charge in [-0.05, 0) is 19.1 Å². The molecule has 62 valence electrons. The maximum absolute atomic E-state index is 10.4. The highest BCUT2D eigenvalue weighted by Crippen LogP contribution is 1.99. The molecular formula is C8H8N2O2. The van der Waals surface area contributed by atoms with E-state index in [9.17, 15) is 4.79 Å². The van der Waals surface area contributed by atoms with E-state index in [0.29, 0.717) is 5.82 Å². The summed E-state index contributed by atoms with van der Waals surface area (Å²) in [7, 11) is 0. The lowest BCUT2D eigenvalue weighted by atomic mass is 10.3. The van der Waals surface area contributed by atoms with Gasteiger partial charge in [-0.1, -0.05) is 0 Å². The van der Waals surface area contributed by atoms with E-state index >= 15 is 0 Å². The van der Waals surface area contributed by atoms with Gasteiger partial charge in [0.25, 0.3) is 0 Å². The molecule has 0 amide bonds. The second-order valence-corrected chi connectivity index (χ2v) is 2.24. The highest BCUT2D eigenvalue weighted by atomic mass is 16.4. The van der Waals surface area contributed by atoms with Gasteiger partial charge in [-0.15, -0.1) is 0 Å². The van der Waals surface area contributed by atoms with E-state index in [2.05, 4.69) is 9.97 Å². The third kappa shape index (κ3) is 2.16. The van der Waals surface area contributed by atoms with Crippen molar-refractivity contribution in [1.82, 2.24) is 9.97 Å². The molecule has 0 aliphatic heterocycles. The first kappa shape index (κ1) is 8.39. The summed E-state index contributed by atoms with van der Waals surface area (Å²) in [6, 6.07) is 1.67. The van der Waals surface area contributed by atoms with Crippen LogP contribution in [0.15, 0.2) is 24.0 Å². The van der Waals surface area contributed by atoms with Crippen LogP contribution in [0, 0.1) is 0 Å². The molecule has 1 heterocycles. The van der Waals surface area contributed by atoms with Gasteiger partial charge in [-0.3, -0.25) is 0 Å². The fraction of sp³-hybridized carbons (Fsp3) is 0.125. The molecule has 0 aliphatic carbocycles. The lowest BCUT2D eigenvalue weighted by molar-refractivity contribution is -0.132. The molecule has 0 aliphatic rings. The van der Waals surface area contributed by atoms with Gasteiger partial charge in [0, 0.05) is 18.0 Å². The highest BCUT2D eigenvalue weighted by molar-refractivity contribution is 5.90. The van der Waals surface area contributed by atoms with Crippen molar-refractivity contribution in [3.05, 3.63) is 29.9 Å². The van der Waals surface area contributed by atoms with Crippen molar-refractivity contribution >= 4 is 12.0 Å². The summed E-state index contributed by atoms with van der Waals surface area (Å²) < 4.78 is 0. The maximum atomic E-state index is 10.4. The first-order chi connectivity index (χ1) is 5.70. The average Bonchev–Trinajstić information content (AvgIpc) is 2.06. The summed E-state index contributed by atoms with van der Waals surface area (Å²) in [5, 5.41) is 8.52. The fourth-order valence-electron chi connectivity index (χ4n) is 0.641. The largest absolute Gasteiger partial charge is 0.478 e. The number of hydrogen-bond acceptors (Lipinski definition) is 3. The first-order valence-electron chi connectivity index (χ1n) is 3.39. The SMILES string of the molecule is C/C(=C\c1ncccn1)C(=O)O. The quantitative estimate of drug-likeness (QED) is 0.661. The molecule has 0 bridgehead atoms. The van der Waals surface area contributed by atoms with E-state index < -0.39 is 5.97 Å². The van der Waals surface area contributed by atoms with Crippen molar-refractivity contribution in [2.24, 2.45) is 0 Å². The molecule has 0 radical (unpaired) electrons. The van der Waals surface area contributed by atoms with Gasteiger partial charge in [-0.25, -0.2) is 14.8 Å². The number of aliphatic carboxylic acids is 1. The van der Waals surface area contributed by atoms with Crippen molar-refractivity contribution in [3.8, 4) is 0 Å². The minimum Gasteiger partial charge on any atom is -0.478 e. The Bertz CT molecular complexity index is 306. The second kappa shape index (κ2) is 3.61. The van der Waals surface area contributed by atoms with E-state index in [-0.39, 0.29) is 5.57 Å². The minimum absolute atomic E-state index is 0.223. The topological polar surface area (TPSA) is 63.1 Å². The van der Waals surface area contributed by atoms with Gasteiger partial charge in [0.2, 0.25) is 0 Å². The molecule has 0 fully saturated rings. The van der Waals surface area contributed by atoms with Crippen LogP contribution >= 0.6 is 0 Å². The van der Waals surface area contributed by atoms with Crippen molar-refractivity contribution in [3.63, 3.8) is 0 Å². The molecular weight excluding hydrogens is 156 g/mol. The summed E-state index contributed by atoms with van der Waals surface area (Å²) >= 11 is 0. The summed E-state index contributed by atoms with van der Waals surface area (Å²) in [4.78, 5) is 18.1. The normalized spacial score (nSPS) is 11.2. The van der Waals surface area contributed by atoms with E-state index in [1.807, 2.05) is 0 Å². The Morgan fingerprint density at radius 1 is 1.50 bits per heavy atom. The van der Waals surface area contributed by atoms with E-state index in [0.717, 1.165) is 0 Å². The Morgan fingerprint density at radius 2 is 2.08 bits per heavy atom. The van der Waals surface area contributed by atoms with Crippen LogP contribution in [-0.4, -0.2) is 21.0 Å². The summed E-state index contributed by atoms with van der Waals surface area (Å²) in [6.45, 7) is 1.50. The van der Waals surface area contributed by atoms with Crippen LogP contribution in [0.25, 0.3) is 6.08 Å². The fourth-order valence-corrected chi connectivity index (χ4v) is 0.641. The molecule has 12 heavy (non-hydrogen) atoms. The van der Waals surface area contributed by atoms with Gasteiger partial charge in [0.15, 0.2) is 5.82 Å². The minimum atomic E-state index is -0.956. The number of carboxylic acid groups (broad SMARTS) is 1. The van der Waals surface area contributed by atoms with Crippen LogP contribution in [0.5, 0.6) is 0 Å². The predicted molar refractivity (Wildman–Crippen MR) is 43.3 cm³/mol.